The molecule has 2 rings (SSSR count). The van der Waals surface area contributed by atoms with Gasteiger partial charge in [-0.3, -0.25) is 4.79 Å². The van der Waals surface area contributed by atoms with E-state index in [0.29, 0.717) is 19.6 Å². The molecule has 188 valence electrons. The largest absolute Gasteiger partial charge is 0.497 e. The molecule has 5 nitrogen and oxygen atoms in total. The number of methoxy groups -OCH3 is 1. The molecule has 0 saturated heterocycles. The van der Waals surface area contributed by atoms with Crippen molar-refractivity contribution < 1.29 is 23.4 Å². The summed E-state index contributed by atoms with van der Waals surface area (Å²) in [5, 5.41) is 0.0545. The molecule has 3 atom stereocenters. The first-order chi connectivity index (χ1) is 16.1. The van der Waals surface area contributed by atoms with Crippen molar-refractivity contribution in [3.8, 4) is 5.75 Å². The van der Waals surface area contributed by atoms with E-state index in [0.717, 1.165) is 24.0 Å². The second-order valence-electron chi connectivity index (χ2n) is 10.4. The molecule has 0 aliphatic carbocycles. The molecule has 0 unspecified atom stereocenters. The van der Waals surface area contributed by atoms with E-state index in [9.17, 15) is 4.79 Å². The monoisotopic (exact) mass is 486 g/mol. The Hall–Kier alpha value is -1.99. The Kier molecular flexibility index (Phi) is 11.0. The number of benzene rings is 1. The molecule has 0 amide bonds. The Balaban J connectivity index is 2.27. The Morgan fingerprint density at radius 1 is 1.21 bits per heavy atom. The summed E-state index contributed by atoms with van der Waals surface area (Å²) in [7, 11) is -0.437. The topological polar surface area (TPSA) is 54.0 Å². The third-order valence-corrected chi connectivity index (χ3v) is 11.1. The van der Waals surface area contributed by atoms with Crippen LogP contribution in [-0.4, -0.2) is 46.6 Å². The second-order valence-corrected chi connectivity index (χ2v) is 15.1. The summed E-state index contributed by atoms with van der Waals surface area (Å²) in [6.45, 7) is 14.4. The summed E-state index contributed by atoms with van der Waals surface area (Å²) in [6.07, 6.45) is 11.5. The number of allylic oxidation sites excluding steroid dienone is 1. The van der Waals surface area contributed by atoms with Crippen LogP contribution in [0.5, 0.6) is 5.75 Å². The fourth-order valence-corrected chi connectivity index (χ4v) is 4.64. The average Bonchev–Trinajstić information content (AvgIpc) is 2.78. The fraction of sp³-hybridized carbons (Fsp3) is 0.536. The van der Waals surface area contributed by atoms with E-state index in [4.69, 9.17) is 18.6 Å². The van der Waals surface area contributed by atoms with Crippen molar-refractivity contribution in [2.75, 3.05) is 13.7 Å². The van der Waals surface area contributed by atoms with Crippen LogP contribution in [0.1, 0.15) is 46.1 Å². The normalized spacial score (nSPS) is 19.3. The van der Waals surface area contributed by atoms with E-state index in [1.54, 1.807) is 7.11 Å². The Morgan fingerprint density at radius 2 is 1.91 bits per heavy atom. The van der Waals surface area contributed by atoms with Crippen LogP contribution in [0.3, 0.4) is 0 Å². The van der Waals surface area contributed by atoms with Crippen LogP contribution in [0.25, 0.3) is 0 Å². The molecule has 1 aromatic carbocycles. The van der Waals surface area contributed by atoms with Gasteiger partial charge in [0.1, 0.15) is 12.0 Å². The Morgan fingerprint density at radius 3 is 2.50 bits per heavy atom. The number of hydrogen-bond donors (Lipinski definition) is 0. The van der Waals surface area contributed by atoms with E-state index >= 15 is 0 Å². The maximum atomic E-state index is 10.9. The molecular formula is C28H42O5Si. The van der Waals surface area contributed by atoms with Crippen LogP contribution in [0.2, 0.25) is 18.1 Å². The predicted octanol–water partition coefficient (Wildman–Crippen LogP) is 6.41. The predicted molar refractivity (Wildman–Crippen MR) is 141 cm³/mol. The standard InChI is InChI=1S/C28H42O5Si/c1-22-17-19-31-25(20-22)15-16-27(33-34(6,7)28(2,3)4)26(10-8-9-18-29)32-21-23-11-13-24(30-5)14-12-23/h8-9,11-18,25-27H,10,19-21H2,1-7H3/b9-8+,16-15+/t25-,26-,27+/m1/s1. The molecule has 0 fully saturated rings. The maximum absolute atomic E-state index is 10.9. The minimum atomic E-state index is -2.09. The first-order valence-electron chi connectivity index (χ1n) is 12.0. The summed E-state index contributed by atoms with van der Waals surface area (Å²) >= 11 is 0. The van der Waals surface area contributed by atoms with Crippen LogP contribution in [0.15, 0.2) is 60.2 Å². The van der Waals surface area contributed by atoms with Gasteiger partial charge in [-0.25, -0.2) is 0 Å². The van der Waals surface area contributed by atoms with E-state index in [2.05, 4.69) is 59.0 Å². The molecule has 0 N–H and O–H groups in total. The van der Waals surface area contributed by atoms with Gasteiger partial charge < -0.3 is 18.6 Å². The lowest BCUT2D eigenvalue weighted by atomic mass is 10.0. The highest BCUT2D eigenvalue weighted by Gasteiger charge is 2.40. The number of aldehydes is 1. The molecule has 0 radical (unpaired) electrons. The lowest BCUT2D eigenvalue weighted by Crippen LogP contribution is -2.47. The fourth-order valence-electron chi connectivity index (χ4n) is 3.38. The molecule has 0 saturated carbocycles. The Labute approximate surface area is 207 Å². The van der Waals surface area contributed by atoms with Crippen LogP contribution < -0.4 is 4.74 Å². The second kappa shape index (κ2) is 13.2. The van der Waals surface area contributed by atoms with Gasteiger partial charge in [0.05, 0.1) is 38.6 Å². The zero-order valence-corrected chi connectivity index (χ0v) is 22.9. The van der Waals surface area contributed by atoms with Crippen molar-refractivity contribution in [3.05, 3.63) is 65.8 Å². The SMILES string of the molecule is COc1ccc(CO[C@H](C/C=C/C=O)[C@H](/C=C/[C@@H]2CC(C)=CCO2)O[Si](C)(C)C(C)(C)C)cc1. The van der Waals surface area contributed by atoms with E-state index in [-0.39, 0.29) is 23.4 Å². The zero-order chi connectivity index (χ0) is 25.2. The number of carbonyl (C=O) groups excluding carboxylic acids is 1. The zero-order valence-electron chi connectivity index (χ0n) is 21.9. The van der Waals surface area contributed by atoms with Gasteiger partial charge in [0.2, 0.25) is 0 Å². The minimum Gasteiger partial charge on any atom is -0.497 e. The number of ether oxygens (including phenoxy) is 3. The van der Waals surface area contributed by atoms with Crippen LogP contribution >= 0.6 is 0 Å². The number of hydrogen-bond acceptors (Lipinski definition) is 5. The molecule has 6 heteroatoms. The molecule has 1 heterocycles. The molecule has 34 heavy (non-hydrogen) atoms. The minimum absolute atomic E-state index is 0.0308. The highest BCUT2D eigenvalue weighted by atomic mass is 28.4. The van der Waals surface area contributed by atoms with Gasteiger partial charge in [-0.1, -0.05) is 62.8 Å². The highest BCUT2D eigenvalue weighted by molar-refractivity contribution is 6.74. The van der Waals surface area contributed by atoms with Crippen molar-refractivity contribution in [3.63, 3.8) is 0 Å². The van der Waals surface area contributed by atoms with Gasteiger partial charge in [-0.15, -0.1) is 0 Å². The van der Waals surface area contributed by atoms with Crippen LogP contribution in [-0.2, 0) is 25.3 Å². The first-order valence-corrected chi connectivity index (χ1v) is 14.9. The van der Waals surface area contributed by atoms with Crippen molar-refractivity contribution in [2.45, 2.75) is 83.6 Å². The summed E-state index contributed by atoms with van der Waals surface area (Å²) in [4.78, 5) is 10.9. The molecule has 1 aliphatic rings. The van der Waals surface area contributed by atoms with Crippen molar-refractivity contribution in [2.24, 2.45) is 0 Å². The van der Waals surface area contributed by atoms with Crippen molar-refractivity contribution in [1.29, 1.82) is 0 Å². The van der Waals surface area contributed by atoms with Gasteiger partial charge in [-0.2, -0.15) is 0 Å². The van der Waals surface area contributed by atoms with Crippen LogP contribution in [0, 0.1) is 0 Å². The highest BCUT2D eigenvalue weighted by Crippen LogP contribution is 2.38. The average molecular weight is 487 g/mol. The van der Waals surface area contributed by atoms with E-state index < -0.39 is 8.32 Å². The number of carbonyl (C=O) groups is 1. The van der Waals surface area contributed by atoms with Crippen molar-refractivity contribution in [1.82, 2.24) is 0 Å². The third kappa shape index (κ3) is 8.99. The van der Waals surface area contributed by atoms with Gasteiger partial charge in [0, 0.05) is 0 Å². The van der Waals surface area contributed by atoms with Gasteiger partial charge in [0.25, 0.3) is 0 Å². The third-order valence-electron chi connectivity index (χ3n) is 6.59. The summed E-state index contributed by atoms with van der Waals surface area (Å²) < 4.78 is 24.4. The first kappa shape index (κ1) is 28.2. The molecule has 1 aliphatic heterocycles. The maximum Gasteiger partial charge on any atom is 0.193 e. The van der Waals surface area contributed by atoms with E-state index in [1.165, 1.54) is 11.6 Å². The van der Waals surface area contributed by atoms with E-state index in [1.807, 2.05) is 30.3 Å². The van der Waals surface area contributed by atoms with Gasteiger partial charge in [0.15, 0.2) is 8.32 Å². The summed E-state index contributed by atoms with van der Waals surface area (Å²) in [5.41, 5.74) is 2.39. The lowest BCUT2D eigenvalue weighted by molar-refractivity contribution is -0.104. The summed E-state index contributed by atoms with van der Waals surface area (Å²) in [5.74, 6) is 0.813. The molecule has 0 aromatic heterocycles. The molecule has 1 aromatic rings. The van der Waals surface area contributed by atoms with Crippen molar-refractivity contribution >= 4 is 14.6 Å². The molecule has 0 spiro atoms. The van der Waals surface area contributed by atoms with Crippen LogP contribution in [0.4, 0.5) is 0 Å². The molecule has 0 bridgehead atoms. The van der Waals surface area contributed by atoms with Gasteiger partial charge >= 0.3 is 0 Å². The summed E-state index contributed by atoms with van der Waals surface area (Å²) in [6, 6.07) is 7.86. The number of rotatable bonds is 12. The molecular weight excluding hydrogens is 444 g/mol. The Bertz CT molecular complexity index is 849. The van der Waals surface area contributed by atoms with Gasteiger partial charge in [-0.05, 0) is 61.7 Å². The quantitative estimate of drug-likeness (QED) is 0.148. The smallest absolute Gasteiger partial charge is 0.193 e. The lowest BCUT2D eigenvalue weighted by Gasteiger charge is -2.40.